The van der Waals surface area contributed by atoms with Crippen molar-refractivity contribution in [1.29, 1.82) is 0 Å². The third-order valence-corrected chi connectivity index (χ3v) is 10.6. The molecule has 0 aromatic heterocycles. The van der Waals surface area contributed by atoms with E-state index >= 15 is 0 Å². The molecule has 1 spiro atoms. The van der Waals surface area contributed by atoms with Crippen LogP contribution < -0.4 is 10.6 Å². The standard InChI is InChI=1S/C31H47N3O4S/c1-18(2)14-21(16-35)34-25(27(37)33-30(7,8)17-29(4,5)6)31-19(3)15-22(39-31)23(24(31)28(34)38)26(36)32-20-12-10-9-11-13-20/h9-13,18-19,21-25,35H,14-17H2,1-8H3,(H,32,36)(H,33,37)/t19?,21-,22+,23-,24+,25?,31?/m1/s1. The average Bonchev–Trinajstić information content (AvgIpc) is 3.39. The summed E-state index contributed by atoms with van der Waals surface area (Å²) in [6, 6.07) is 8.10. The summed E-state index contributed by atoms with van der Waals surface area (Å²) in [5.74, 6) is -1.34. The van der Waals surface area contributed by atoms with Gasteiger partial charge in [-0.15, -0.1) is 11.8 Å². The molecule has 0 aliphatic carbocycles. The number of likely N-dealkylation sites (tertiary alicyclic amines) is 1. The number of anilines is 1. The van der Waals surface area contributed by atoms with Crippen molar-refractivity contribution < 1.29 is 19.5 Å². The number of carbonyl (C=O) groups excluding carboxylic acids is 3. The fraction of sp³-hybridized carbons (Fsp3) is 0.710. The number of para-hydroxylation sites is 1. The van der Waals surface area contributed by atoms with Crippen molar-refractivity contribution in [2.45, 2.75) is 102 Å². The number of aliphatic hydroxyl groups excluding tert-OH is 1. The van der Waals surface area contributed by atoms with Crippen LogP contribution in [0.5, 0.6) is 0 Å². The molecule has 216 valence electrons. The lowest BCUT2D eigenvalue weighted by atomic mass is 9.65. The van der Waals surface area contributed by atoms with Gasteiger partial charge in [-0.05, 0) is 62.5 Å². The van der Waals surface area contributed by atoms with E-state index in [2.05, 4.69) is 52.2 Å². The molecule has 3 saturated heterocycles. The zero-order chi connectivity index (χ0) is 28.9. The van der Waals surface area contributed by atoms with Crippen molar-refractivity contribution in [2.24, 2.45) is 29.1 Å². The molecular weight excluding hydrogens is 510 g/mol. The molecule has 3 aliphatic heterocycles. The van der Waals surface area contributed by atoms with Crippen molar-refractivity contribution in [3.8, 4) is 0 Å². The first kappa shape index (κ1) is 29.9. The Morgan fingerprint density at radius 3 is 2.33 bits per heavy atom. The Morgan fingerprint density at radius 1 is 1.13 bits per heavy atom. The third-order valence-electron chi connectivity index (χ3n) is 8.56. The van der Waals surface area contributed by atoms with Gasteiger partial charge in [0.2, 0.25) is 17.7 Å². The summed E-state index contributed by atoms with van der Waals surface area (Å²) in [5.41, 5.74) is 0.216. The van der Waals surface area contributed by atoms with Gasteiger partial charge in [-0.25, -0.2) is 0 Å². The van der Waals surface area contributed by atoms with E-state index in [9.17, 15) is 19.5 Å². The maximum absolute atomic E-state index is 14.4. The first-order chi connectivity index (χ1) is 18.1. The van der Waals surface area contributed by atoms with Crippen LogP contribution in [0.15, 0.2) is 30.3 Å². The second kappa shape index (κ2) is 10.7. The molecule has 3 fully saturated rings. The monoisotopic (exact) mass is 557 g/mol. The zero-order valence-electron chi connectivity index (χ0n) is 24.8. The van der Waals surface area contributed by atoms with E-state index in [1.54, 1.807) is 16.7 Å². The molecule has 0 saturated carbocycles. The van der Waals surface area contributed by atoms with Crippen LogP contribution in [0.25, 0.3) is 0 Å². The second-order valence-corrected chi connectivity index (χ2v) is 15.8. The Bertz CT molecular complexity index is 1090. The van der Waals surface area contributed by atoms with E-state index in [0.717, 1.165) is 12.8 Å². The number of hydrogen-bond donors (Lipinski definition) is 3. The van der Waals surface area contributed by atoms with Crippen LogP contribution in [0, 0.1) is 29.1 Å². The fourth-order valence-corrected chi connectivity index (χ4v) is 10.2. The lowest BCUT2D eigenvalue weighted by molar-refractivity contribution is -0.143. The van der Waals surface area contributed by atoms with Crippen LogP contribution in [-0.2, 0) is 14.4 Å². The van der Waals surface area contributed by atoms with Crippen LogP contribution >= 0.6 is 11.8 Å². The minimum Gasteiger partial charge on any atom is -0.394 e. The summed E-state index contributed by atoms with van der Waals surface area (Å²) in [6.07, 6.45) is 2.13. The van der Waals surface area contributed by atoms with Gasteiger partial charge in [0.1, 0.15) is 6.04 Å². The molecule has 3 N–H and O–H groups in total. The topological polar surface area (TPSA) is 98.7 Å². The molecule has 2 bridgehead atoms. The fourth-order valence-electron chi connectivity index (χ4n) is 7.79. The van der Waals surface area contributed by atoms with Gasteiger partial charge in [0, 0.05) is 16.5 Å². The van der Waals surface area contributed by atoms with Crippen molar-refractivity contribution in [3.05, 3.63) is 30.3 Å². The number of rotatable bonds is 9. The normalized spacial score (nSPS) is 31.0. The van der Waals surface area contributed by atoms with Gasteiger partial charge in [0.15, 0.2) is 0 Å². The Kier molecular flexibility index (Phi) is 8.23. The quantitative estimate of drug-likeness (QED) is 0.409. The van der Waals surface area contributed by atoms with Gasteiger partial charge in [-0.1, -0.05) is 59.7 Å². The van der Waals surface area contributed by atoms with E-state index in [1.165, 1.54) is 0 Å². The Labute approximate surface area is 238 Å². The number of aliphatic hydroxyl groups is 1. The second-order valence-electron chi connectivity index (χ2n) is 14.2. The predicted molar refractivity (Wildman–Crippen MR) is 157 cm³/mol. The predicted octanol–water partition coefficient (Wildman–Crippen LogP) is 4.70. The van der Waals surface area contributed by atoms with Gasteiger partial charge >= 0.3 is 0 Å². The summed E-state index contributed by atoms with van der Waals surface area (Å²) in [7, 11) is 0. The van der Waals surface area contributed by atoms with Crippen molar-refractivity contribution in [1.82, 2.24) is 10.2 Å². The molecule has 1 aromatic rings. The Morgan fingerprint density at radius 2 is 1.77 bits per heavy atom. The number of nitrogens with one attached hydrogen (secondary N) is 2. The molecule has 7 atom stereocenters. The molecule has 0 radical (unpaired) electrons. The highest BCUT2D eigenvalue weighted by atomic mass is 32.2. The molecule has 7 nitrogen and oxygen atoms in total. The van der Waals surface area contributed by atoms with Gasteiger partial charge < -0.3 is 20.6 Å². The first-order valence-electron chi connectivity index (χ1n) is 14.4. The Balaban J connectivity index is 1.74. The lowest BCUT2D eigenvalue weighted by Gasteiger charge is -2.42. The summed E-state index contributed by atoms with van der Waals surface area (Å²) < 4.78 is -0.716. The third kappa shape index (κ3) is 5.61. The molecule has 3 unspecified atom stereocenters. The van der Waals surface area contributed by atoms with Crippen molar-refractivity contribution in [2.75, 3.05) is 11.9 Å². The summed E-state index contributed by atoms with van der Waals surface area (Å²) in [6.45, 7) is 16.5. The van der Waals surface area contributed by atoms with Gasteiger partial charge in [0.05, 0.1) is 29.2 Å². The SMILES string of the molecule is CC(C)C[C@H](CO)N1C(=O)[C@@H]2[C@H](C(=O)Nc3ccccc3)[C@@H]3CC(C)C2(S3)C1C(=O)NC(C)(C)CC(C)(C)C. The Hall–Kier alpha value is -2.06. The number of amides is 3. The molecule has 1 aromatic carbocycles. The lowest BCUT2D eigenvalue weighted by Crippen LogP contribution is -2.61. The van der Waals surface area contributed by atoms with E-state index in [-0.39, 0.29) is 46.8 Å². The van der Waals surface area contributed by atoms with Gasteiger partial charge in [-0.2, -0.15) is 0 Å². The van der Waals surface area contributed by atoms with Gasteiger partial charge in [-0.3, -0.25) is 14.4 Å². The summed E-state index contributed by atoms with van der Waals surface area (Å²) >= 11 is 1.67. The van der Waals surface area contributed by atoms with Crippen LogP contribution in [0.3, 0.4) is 0 Å². The molecule has 3 heterocycles. The molecular formula is C31H47N3O4S. The summed E-state index contributed by atoms with van der Waals surface area (Å²) in [4.78, 5) is 44.2. The molecule has 4 rings (SSSR count). The van der Waals surface area contributed by atoms with Crippen LogP contribution in [-0.4, -0.2) is 62.0 Å². The van der Waals surface area contributed by atoms with E-state index < -0.39 is 34.2 Å². The van der Waals surface area contributed by atoms with E-state index in [0.29, 0.717) is 12.1 Å². The molecule has 3 aliphatic rings. The maximum atomic E-state index is 14.4. The largest absolute Gasteiger partial charge is 0.394 e. The molecule has 8 heteroatoms. The van der Waals surface area contributed by atoms with Crippen molar-refractivity contribution in [3.63, 3.8) is 0 Å². The first-order valence-corrected chi connectivity index (χ1v) is 15.3. The average molecular weight is 558 g/mol. The number of hydrogen-bond acceptors (Lipinski definition) is 5. The van der Waals surface area contributed by atoms with E-state index in [4.69, 9.17) is 0 Å². The number of carbonyl (C=O) groups is 3. The zero-order valence-corrected chi connectivity index (χ0v) is 25.6. The highest BCUT2D eigenvalue weighted by molar-refractivity contribution is 8.02. The number of thioether (sulfide) groups is 1. The van der Waals surface area contributed by atoms with Crippen LogP contribution in [0.4, 0.5) is 5.69 Å². The maximum Gasteiger partial charge on any atom is 0.244 e. The van der Waals surface area contributed by atoms with Gasteiger partial charge in [0.25, 0.3) is 0 Å². The van der Waals surface area contributed by atoms with E-state index in [1.807, 2.05) is 44.2 Å². The summed E-state index contributed by atoms with van der Waals surface area (Å²) in [5, 5.41) is 16.8. The minimum absolute atomic E-state index is 0.00252. The van der Waals surface area contributed by atoms with Crippen LogP contribution in [0.1, 0.15) is 74.7 Å². The van der Waals surface area contributed by atoms with Crippen molar-refractivity contribution >= 4 is 35.2 Å². The number of fused-ring (bicyclic) bond motifs is 1. The highest BCUT2D eigenvalue weighted by Gasteiger charge is 2.76. The van der Waals surface area contributed by atoms with Crippen LogP contribution in [0.2, 0.25) is 0 Å². The smallest absolute Gasteiger partial charge is 0.244 e. The molecule has 3 amide bonds. The molecule has 39 heavy (non-hydrogen) atoms. The number of benzene rings is 1. The number of nitrogens with zero attached hydrogens (tertiary/aromatic N) is 1. The highest BCUT2D eigenvalue weighted by Crippen LogP contribution is 2.69. The minimum atomic E-state index is -0.746.